The smallest absolute Gasteiger partial charge is 0.240 e. The van der Waals surface area contributed by atoms with Crippen LogP contribution in [0.4, 0.5) is 0 Å². The summed E-state index contributed by atoms with van der Waals surface area (Å²) in [4.78, 5) is 0.129. The van der Waals surface area contributed by atoms with Crippen LogP contribution in [0.25, 0.3) is 0 Å². The van der Waals surface area contributed by atoms with Crippen molar-refractivity contribution in [1.29, 1.82) is 0 Å². The van der Waals surface area contributed by atoms with Gasteiger partial charge < -0.3 is 15.2 Å². The first-order valence-corrected chi connectivity index (χ1v) is 8.32. The van der Waals surface area contributed by atoms with Gasteiger partial charge in [-0.1, -0.05) is 20.3 Å². The molecule has 3 N–H and O–H groups in total. The van der Waals surface area contributed by atoms with Crippen molar-refractivity contribution < 1.29 is 17.9 Å². The Kier molecular flexibility index (Phi) is 6.44. The number of hydrogen-bond acceptors (Lipinski definition) is 5. The minimum atomic E-state index is -3.60. The Balaban J connectivity index is 3.17. The lowest BCUT2D eigenvalue weighted by Gasteiger charge is -2.15. The second-order valence-electron chi connectivity index (χ2n) is 4.89. The largest absolute Gasteiger partial charge is 0.493 e. The van der Waals surface area contributed by atoms with Gasteiger partial charge in [0.15, 0.2) is 11.5 Å². The zero-order valence-corrected chi connectivity index (χ0v) is 13.8. The standard InChI is InChI=1S/C14H24N2O4S/c1-5-10(2)9-16-21(17,18)12-6-11(8-15)14(20-4)13(7-12)19-3/h6-7,10,16H,5,8-9,15H2,1-4H3. The van der Waals surface area contributed by atoms with Gasteiger partial charge >= 0.3 is 0 Å². The summed E-state index contributed by atoms with van der Waals surface area (Å²) in [7, 11) is -0.645. The van der Waals surface area contributed by atoms with Crippen LogP contribution in [-0.4, -0.2) is 29.2 Å². The number of benzene rings is 1. The number of methoxy groups -OCH3 is 2. The van der Waals surface area contributed by atoms with E-state index in [1.54, 1.807) is 0 Å². The van der Waals surface area contributed by atoms with Crippen LogP contribution >= 0.6 is 0 Å². The van der Waals surface area contributed by atoms with E-state index in [0.717, 1.165) is 6.42 Å². The summed E-state index contributed by atoms with van der Waals surface area (Å²) in [5.74, 6) is 1.08. The van der Waals surface area contributed by atoms with E-state index in [-0.39, 0.29) is 17.4 Å². The monoisotopic (exact) mass is 316 g/mol. The van der Waals surface area contributed by atoms with Gasteiger partial charge in [0, 0.05) is 24.7 Å². The van der Waals surface area contributed by atoms with Crippen molar-refractivity contribution in [2.75, 3.05) is 20.8 Å². The summed E-state index contributed by atoms with van der Waals surface area (Å²) < 4.78 is 37.7. The molecule has 0 amide bonds. The quantitative estimate of drug-likeness (QED) is 0.758. The second-order valence-corrected chi connectivity index (χ2v) is 6.65. The summed E-state index contributed by atoms with van der Waals surface area (Å²) in [5.41, 5.74) is 6.24. The molecular weight excluding hydrogens is 292 g/mol. The molecular formula is C14H24N2O4S. The Bertz CT molecular complexity index is 547. The van der Waals surface area contributed by atoms with Gasteiger partial charge in [-0.2, -0.15) is 0 Å². The number of sulfonamides is 1. The molecule has 0 aliphatic heterocycles. The lowest BCUT2D eigenvalue weighted by atomic mass is 10.1. The molecule has 0 heterocycles. The van der Waals surface area contributed by atoms with Crippen LogP contribution in [0, 0.1) is 5.92 Å². The fraction of sp³-hybridized carbons (Fsp3) is 0.571. The van der Waals surface area contributed by atoms with Crippen molar-refractivity contribution in [1.82, 2.24) is 4.72 Å². The maximum Gasteiger partial charge on any atom is 0.240 e. The first-order valence-electron chi connectivity index (χ1n) is 6.84. The molecule has 1 unspecified atom stereocenters. The van der Waals surface area contributed by atoms with Gasteiger partial charge in [-0.05, 0) is 12.0 Å². The van der Waals surface area contributed by atoms with E-state index in [9.17, 15) is 8.42 Å². The number of nitrogens with two attached hydrogens (primary N) is 1. The molecule has 120 valence electrons. The highest BCUT2D eigenvalue weighted by Gasteiger charge is 2.20. The van der Waals surface area contributed by atoms with E-state index in [2.05, 4.69) is 4.72 Å². The summed E-state index contributed by atoms with van der Waals surface area (Å²) in [6.45, 7) is 4.56. The lowest BCUT2D eigenvalue weighted by molar-refractivity contribution is 0.350. The molecule has 0 aromatic heterocycles. The molecule has 1 atom stereocenters. The van der Waals surface area contributed by atoms with Crippen LogP contribution in [0.15, 0.2) is 17.0 Å². The average molecular weight is 316 g/mol. The zero-order chi connectivity index (χ0) is 16.0. The van der Waals surface area contributed by atoms with Crippen LogP contribution in [0.5, 0.6) is 11.5 Å². The summed E-state index contributed by atoms with van der Waals surface area (Å²) in [6, 6.07) is 2.96. The summed E-state index contributed by atoms with van der Waals surface area (Å²) in [5, 5.41) is 0. The van der Waals surface area contributed by atoms with E-state index in [4.69, 9.17) is 15.2 Å². The van der Waals surface area contributed by atoms with E-state index in [0.29, 0.717) is 23.6 Å². The van der Waals surface area contributed by atoms with E-state index >= 15 is 0 Å². The van der Waals surface area contributed by atoms with Crippen molar-refractivity contribution >= 4 is 10.0 Å². The lowest BCUT2D eigenvalue weighted by Crippen LogP contribution is -2.28. The Morgan fingerprint density at radius 1 is 1.29 bits per heavy atom. The molecule has 0 radical (unpaired) electrons. The molecule has 6 nitrogen and oxygen atoms in total. The van der Waals surface area contributed by atoms with Crippen LogP contribution in [-0.2, 0) is 16.6 Å². The summed E-state index contributed by atoms with van der Waals surface area (Å²) in [6.07, 6.45) is 0.905. The molecule has 0 bridgehead atoms. The molecule has 0 saturated heterocycles. The molecule has 1 aromatic carbocycles. The highest BCUT2D eigenvalue weighted by Crippen LogP contribution is 2.33. The maximum absolute atomic E-state index is 12.3. The highest BCUT2D eigenvalue weighted by atomic mass is 32.2. The van der Waals surface area contributed by atoms with E-state index in [1.807, 2.05) is 13.8 Å². The van der Waals surface area contributed by atoms with Crippen LogP contribution in [0.3, 0.4) is 0 Å². The van der Waals surface area contributed by atoms with Crippen LogP contribution in [0.1, 0.15) is 25.8 Å². The van der Waals surface area contributed by atoms with Crippen LogP contribution < -0.4 is 19.9 Å². The minimum absolute atomic E-state index is 0.129. The zero-order valence-electron chi connectivity index (χ0n) is 13.0. The van der Waals surface area contributed by atoms with Crippen molar-refractivity contribution in [2.45, 2.75) is 31.7 Å². The van der Waals surface area contributed by atoms with Gasteiger partial charge in [0.25, 0.3) is 0 Å². The first-order chi connectivity index (χ1) is 9.89. The number of hydrogen-bond donors (Lipinski definition) is 2. The molecule has 0 aliphatic carbocycles. The molecule has 0 aliphatic rings. The molecule has 0 spiro atoms. The third-order valence-corrected chi connectivity index (χ3v) is 4.78. The Morgan fingerprint density at radius 2 is 1.95 bits per heavy atom. The fourth-order valence-corrected chi connectivity index (χ4v) is 3.03. The highest BCUT2D eigenvalue weighted by molar-refractivity contribution is 7.89. The van der Waals surface area contributed by atoms with E-state index in [1.165, 1.54) is 26.4 Å². The number of rotatable bonds is 8. The van der Waals surface area contributed by atoms with Crippen molar-refractivity contribution in [2.24, 2.45) is 11.7 Å². The Labute approximate surface area is 126 Å². The molecule has 21 heavy (non-hydrogen) atoms. The third kappa shape index (κ3) is 4.33. The predicted molar refractivity (Wildman–Crippen MR) is 82.1 cm³/mol. The van der Waals surface area contributed by atoms with Gasteiger partial charge in [0.1, 0.15) is 0 Å². The topological polar surface area (TPSA) is 90.7 Å². The molecule has 7 heteroatoms. The normalized spacial score (nSPS) is 13.0. The van der Waals surface area contributed by atoms with Gasteiger partial charge in [0.2, 0.25) is 10.0 Å². The second kappa shape index (κ2) is 7.63. The molecule has 0 saturated carbocycles. The van der Waals surface area contributed by atoms with Gasteiger partial charge in [-0.3, -0.25) is 0 Å². The fourth-order valence-electron chi connectivity index (χ4n) is 1.80. The molecule has 1 rings (SSSR count). The van der Waals surface area contributed by atoms with Crippen LogP contribution in [0.2, 0.25) is 0 Å². The first kappa shape index (κ1) is 17.7. The summed E-state index contributed by atoms with van der Waals surface area (Å²) >= 11 is 0. The SMILES string of the molecule is CCC(C)CNS(=O)(=O)c1cc(CN)c(OC)c(OC)c1. The third-order valence-electron chi connectivity index (χ3n) is 3.38. The predicted octanol–water partition coefficient (Wildman–Crippen LogP) is 1.49. The van der Waals surface area contributed by atoms with Gasteiger partial charge in [-0.15, -0.1) is 0 Å². The maximum atomic E-state index is 12.3. The number of nitrogens with one attached hydrogen (secondary N) is 1. The van der Waals surface area contributed by atoms with Crippen molar-refractivity contribution in [3.05, 3.63) is 17.7 Å². The van der Waals surface area contributed by atoms with Gasteiger partial charge in [-0.25, -0.2) is 13.1 Å². The molecule has 1 aromatic rings. The van der Waals surface area contributed by atoms with Crippen molar-refractivity contribution in [3.63, 3.8) is 0 Å². The van der Waals surface area contributed by atoms with E-state index < -0.39 is 10.0 Å². The minimum Gasteiger partial charge on any atom is -0.493 e. The number of ether oxygens (including phenoxy) is 2. The van der Waals surface area contributed by atoms with Crippen molar-refractivity contribution in [3.8, 4) is 11.5 Å². The molecule has 0 fully saturated rings. The average Bonchev–Trinajstić information content (AvgIpc) is 2.50. The Hall–Kier alpha value is -1.31. The Morgan fingerprint density at radius 3 is 2.43 bits per heavy atom. The van der Waals surface area contributed by atoms with Gasteiger partial charge in [0.05, 0.1) is 19.1 Å².